The molecule has 0 aliphatic carbocycles. The summed E-state index contributed by atoms with van der Waals surface area (Å²) in [5, 5.41) is 56.6. The summed E-state index contributed by atoms with van der Waals surface area (Å²) in [4.78, 5) is 203. The Morgan fingerprint density at radius 2 is 0.816 bits per heavy atom. The van der Waals surface area contributed by atoms with Gasteiger partial charge in [0.1, 0.15) is 67.6 Å². The van der Waals surface area contributed by atoms with Crippen molar-refractivity contribution in [2.24, 2.45) is 17.2 Å². The number of urea groups is 1. The van der Waals surface area contributed by atoms with Gasteiger partial charge in [0.15, 0.2) is 0 Å². The molecule has 7 rings (SSSR count). The van der Waals surface area contributed by atoms with Crippen molar-refractivity contribution in [3.8, 4) is 0 Å². The Morgan fingerprint density at radius 3 is 1.31 bits per heavy atom. The number of nitrogens with one attached hydrogen (secondary N) is 13. The molecule has 2 heterocycles. The highest BCUT2D eigenvalue weighted by Crippen LogP contribution is 2.33. The van der Waals surface area contributed by atoms with E-state index >= 15 is 0 Å². The number of primary amides is 1. The van der Waals surface area contributed by atoms with Crippen LogP contribution in [0.4, 0.5) is 4.79 Å². The van der Waals surface area contributed by atoms with Crippen molar-refractivity contribution in [1.82, 2.24) is 69.1 Å². The summed E-state index contributed by atoms with van der Waals surface area (Å²) in [6, 6.07) is 25.2. The molecule has 0 saturated carbocycles. The largest absolute Gasteiger partial charge is 0.481 e. The lowest BCUT2D eigenvalue weighted by Gasteiger charge is -2.28. The maximum Gasteiger partial charge on any atom is 0.315 e. The van der Waals surface area contributed by atoms with Crippen LogP contribution in [0.15, 0.2) is 133 Å². The van der Waals surface area contributed by atoms with Gasteiger partial charge in [-0.25, -0.2) is 4.79 Å². The number of hydrogen-bond donors (Lipinski definition) is 18. The molecular formula is C87H120N16O21S. The van der Waals surface area contributed by atoms with Gasteiger partial charge in [-0.15, -0.1) is 0 Å². The van der Waals surface area contributed by atoms with Crippen LogP contribution in [0.1, 0.15) is 119 Å². The monoisotopic (exact) mass is 1760 g/mol. The van der Waals surface area contributed by atoms with Crippen molar-refractivity contribution in [1.29, 1.82) is 0 Å². The minimum Gasteiger partial charge on any atom is -0.481 e. The van der Waals surface area contributed by atoms with Gasteiger partial charge < -0.3 is 115 Å². The second kappa shape index (κ2) is 55.5. The van der Waals surface area contributed by atoms with E-state index in [2.05, 4.69) is 69.1 Å². The van der Waals surface area contributed by atoms with Crippen LogP contribution < -0.4 is 86.3 Å². The highest BCUT2D eigenvalue weighted by molar-refractivity contribution is 8.00. The molecule has 0 bridgehead atoms. The SMILES string of the molecule is C[C@H](NC(=O)[C@H](Cc1ccccc1)NC(=O)[C@H](CCC(=O)O)NC(=O)[C@H](Cc1ccccc1)NC(=O)[C@H](CCCCN)NC(=O)COCCOCCNC(=O)COCCOCCNC(=O)CCCC[C@@H]1SC[C@@H]2NC(=O)N[C@@H]21)C(=O)N[C@@H](Cc1ccc2ccccc2c1)C(=O)N[C@@H](CCCCN)C(=O)N[C@@H](Cc1ccccc1)C(=O)N[C@@H](CCC(=O)O)C(N)=O. The van der Waals surface area contributed by atoms with Crippen LogP contribution in [0.2, 0.25) is 0 Å². The number of ether oxygens (including phenoxy) is 4. The molecule has 2 fully saturated rings. The number of rotatable bonds is 61. The first-order valence-corrected chi connectivity index (χ1v) is 43.3. The summed E-state index contributed by atoms with van der Waals surface area (Å²) in [5.74, 6) is -11.1. The summed E-state index contributed by atoms with van der Waals surface area (Å²) in [6.07, 6.45) is 1.71. The van der Waals surface area contributed by atoms with E-state index in [0.717, 1.165) is 35.8 Å². The number of hydrogen-bond acceptors (Lipinski definition) is 22. The van der Waals surface area contributed by atoms with Gasteiger partial charge in [-0.2, -0.15) is 11.8 Å². The highest BCUT2D eigenvalue weighted by Gasteiger charge is 2.43. The third-order valence-corrected chi connectivity index (χ3v) is 22.1. The Labute approximate surface area is 730 Å². The van der Waals surface area contributed by atoms with E-state index in [0.29, 0.717) is 66.2 Å². The Morgan fingerprint density at radius 1 is 0.408 bits per heavy atom. The Balaban J connectivity index is 0.941. The number of carbonyl (C=O) groups is 15. The molecule has 0 radical (unpaired) electrons. The average Bonchev–Trinajstić information content (AvgIpc) is 0.873. The number of aliphatic carboxylic acids is 2. The van der Waals surface area contributed by atoms with Gasteiger partial charge in [0.25, 0.3) is 0 Å². The molecule has 0 spiro atoms. The van der Waals surface area contributed by atoms with Crippen LogP contribution >= 0.6 is 11.8 Å². The first-order chi connectivity index (χ1) is 60.2. The van der Waals surface area contributed by atoms with Gasteiger partial charge in [-0.05, 0) is 117 Å². The smallest absolute Gasteiger partial charge is 0.315 e. The first kappa shape index (κ1) is 100. The molecule has 2 aliphatic heterocycles. The van der Waals surface area contributed by atoms with Crippen LogP contribution in [-0.2, 0) is 112 Å². The van der Waals surface area contributed by atoms with Crippen molar-refractivity contribution < 1.29 is 101 Å². The highest BCUT2D eigenvalue weighted by atomic mass is 32.2. The summed E-state index contributed by atoms with van der Waals surface area (Å²) < 4.78 is 22.0. The minimum absolute atomic E-state index is 0.0259. The first-order valence-electron chi connectivity index (χ1n) is 42.2. The van der Waals surface area contributed by atoms with E-state index in [1.807, 2.05) is 48.2 Å². The number of benzene rings is 5. The van der Waals surface area contributed by atoms with Gasteiger partial charge in [0.05, 0.1) is 51.7 Å². The molecule has 125 heavy (non-hydrogen) atoms. The second-order valence-corrected chi connectivity index (χ2v) is 31.7. The second-order valence-electron chi connectivity index (χ2n) is 30.5. The summed E-state index contributed by atoms with van der Waals surface area (Å²) in [6.45, 7) is 2.20. The Kier molecular flexibility index (Phi) is 44.6. The predicted molar refractivity (Wildman–Crippen MR) is 463 cm³/mol. The molecular weight excluding hydrogens is 1640 g/mol. The van der Waals surface area contributed by atoms with E-state index in [1.54, 1.807) is 97.1 Å². The van der Waals surface area contributed by atoms with Gasteiger partial charge in [0, 0.05) is 69.0 Å². The number of carbonyl (C=O) groups excluding carboxylic acids is 13. The normalized spacial score (nSPS) is 16.0. The quantitative estimate of drug-likeness (QED) is 0.0180. The lowest BCUT2D eigenvalue weighted by molar-refractivity contribution is -0.139. The van der Waals surface area contributed by atoms with Gasteiger partial charge in [0.2, 0.25) is 70.9 Å². The maximum absolute atomic E-state index is 15.0. The number of nitrogens with two attached hydrogens (primary N) is 3. The zero-order chi connectivity index (χ0) is 90.3. The number of carboxylic acids is 2. The zero-order valence-corrected chi connectivity index (χ0v) is 71.2. The van der Waals surface area contributed by atoms with Crippen LogP contribution in [-0.4, -0.2) is 256 Å². The standard InChI is InChI=1S/C87H120N16O21S/c1-55(79(112)98-69(51-59-31-32-60-25-11-12-26-61(60)47-59)86(119)96-64(28-16-18-38-89)81(114)101-67(49-57-21-7-3-8-22-57)84(117)95-62(78(90)111)33-35-75(107)108)93-83(116)66(48-56-19-5-2-6-20-56)99-82(115)65(34-36-76(109)110)97-85(118)68(50-58-23-9-4-10-24-58)100-80(113)63(27-15-17-37-88)94-74(106)53-124-46-44-122-42-40-92-73(105)52-123-45-43-121-41-39-91-72(104)30-14-13-29-71-77-70(54-125-71)102-87(120)103-77/h2-12,19-26,31-32,47,55,62-71,77H,13-18,27-30,33-46,48-54,88-89H2,1H3,(H2,90,111)(H,91,104)(H,92,105)(H,93,116)(H,94,106)(H,95,117)(H,96,119)(H,97,118)(H,98,112)(H,99,115)(H,100,113)(H,101,114)(H,107,108)(H,109,110)(H2,102,103,120)/t55-,62-,63-,64-,65-,66-,67-,68-,69-,70-,71-,77-/m0/s1. The van der Waals surface area contributed by atoms with E-state index in [9.17, 15) is 82.1 Å². The number of amides is 14. The van der Waals surface area contributed by atoms with Crippen LogP contribution in [0.5, 0.6) is 0 Å². The average molecular weight is 1760 g/mol. The summed E-state index contributed by atoms with van der Waals surface area (Å²) in [5.41, 5.74) is 19.5. The number of thioether (sulfide) groups is 1. The number of carboxylic acid groups (broad SMARTS) is 2. The molecule has 12 atom stereocenters. The molecule has 21 N–H and O–H groups in total. The van der Waals surface area contributed by atoms with Gasteiger partial charge in [-0.3, -0.25) is 67.1 Å². The summed E-state index contributed by atoms with van der Waals surface area (Å²) in [7, 11) is 0. The van der Waals surface area contributed by atoms with Crippen molar-refractivity contribution in [3.63, 3.8) is 0 Å². The van der Waals surface area contributed by atoms with E-state index < -0.39 is 157 Å². The molecule has 0 aromatic heterocycles. The van der Waals surface area contributed by atoms with Gasteiger partial charge in [-0.1, -0.05) is 140 Å². The fraction of sp³-hybridized carbons (Fsp3) is 0.506. The molecule has 5 aromatic rings. The van der Waals surface area contributed by atoms with Gasteiger partial charge >= 0.3 is 18.0 Å². The number of fused-ring (bicyclic) bond motifs is 2. The lowest BCUT2D eigenvalue weighted by atomic mass is 9.99. The molecule has 0 unspecified atom stereocenters. The van der Waals surface area contributed by atoms with E-state index in [4.69, 9.17) is 36.1 Å². The van der Waals surface area contributed by atoms with Crippen molar-refractivity contribution >= 4 is 111 Å². The molecule has 14 amide bonds. The molecule has 37 nitrogen and oxygen atoms in total. The third kappa shape index (κ3) is 37.7. The third-order valence-electron chi connectivity index (χ3n) is 20.6. The van der Waals surface area contributed by atoms with Crippen molar-refractivity contribution in [3.05, 3.63) is 156 Å². The molecule has 2 saturated heterocycles. The van der Waals surface area contributed by atoms with Crippen molar-refractivity contribution in [2.75, 3.05) is 84.8 Å². The van der Waals surface area contributed by atoms with E-state index in [1.165, 1.54) is 6.92 Å². The van der Waals surface area contributed by atoms with E-state index in [-0.39, 0.29) is 135 Å². The predicted octanol–water partition coefficient (Wildman–Crippen LogP) is -0.00900. The Bertz CT molecular complexity index is 4330. The molecule has 2 aliphatic rings. The Hall–Kier alpha value is -11.7. The zero-order valence-electron chi connectivity index (χ0n) is 70.3. The van der Waals surface area contributed by atoms with Crippen LogP contribution in [0.25, 0.3) is 10.8 Å². The van der Waals surface area contributed by atoms with Crippen LogP contribution in [0.3, 0.4) is 0 Å². The molecule has 680 valence electrons. The molecule has 38 heteroatoms. The van der Waals surface area contributed by atoms with Crippen LogP contribution in [0, 0.1) is 0 Å². The summed E-state index contributed by atoms with van der Waals surface area (Å²) >= 11 is 1.84. The fourth-order valence-electron chi connectivity index (χ4n) is 13.9. The fourth-order valence-corrected chi connectivity index (χ4v) is 15.4. The number of unbranched alkanes of at least 4 members (excludes halogenated alkanes) is 3. The minimum atomic E-state index is -1.69. The topological polar surface area (TPSA) is 568 Å². The van der Waals surface area contributed by atoms with Crippen molar-refractivity contribution in [2.45, 2.75) is 194 Å². The maximum atomic E-state index is 15.0. The molecule has 5 aromatic carbocycles. The lowest BCUT2D eigenvalue weighted by Crippen LogP contribution is -2.61.